The van der Waals surface area contributed by atoms with Crippen molar-refractivity contribution in [3.05, 3.63) is 0 Å². The van der Waals surface area contributed by atoms with Gasteiger partial charge in [-0.2, -0.15) is 0 Å². The van der Waals surface area contributed by atoms with Crippen LogP contribution in [0.1, 0.15) is 27.7 Å². The average molecular weight is 187 g/mol. The zero-order valence-corrected chi connectivity index (χ0v) is 8.50. The Hall–Kier alpha value is -1.06. The van der Waals surface area contributed by atoms with E-state index in [-0.39, 0.29) is 17.7 Å². The lowest BCUT2D eigenvalue weighted by atomic mass is 9.97. The van der Waals surface area contributed by atoms with Crippen LogP contribution < -0.4 is 5.32 Å². The number of aliphatic carboxylic acids is 1. The molecule has 0 aromatic rings. The van der Waals surface area contributed by atoms with E-state index >= 15 is 0 Å². The number of carbonyl (C=O) groups is 2. The molecule has 0 unspecified atom stereocenters. The quantitative estimate of drug-likeness (QED) is 0.686. The first-order valence-corrected chi connectivity index (χ1v) is 4.39. The smallest absolute Gasteiger partial charge is 0.325 e. The summed E-state index contributed by atoms with van der Waals surface area (Å²) in [5, 5.41) is 11.0. The van der Waals surface area contributed by atoms with Gasteiger partial charge in [-0.25, -0.2) is 0 Å². The molecule has 0 aliphatic heterocycles. The van der Waals surface area contributed by atoms with Crippen LogP contribution in [0, 0.1) is 11.8 Å². The zero-order chi connectivity index (χ0) is 10.6. The predicted molar refractivity (Wildman–Crippen MR) is 49.2 cm³/mol. The molecule has 0 spiro atoms. The number of amides is 1. The van der Waals surface area contributed by atoms with Crippen LogP contribution in [0.25, 0.3) is 0 Å². The van der Waals surface area contributed by atoms with E-state index in [2.05, 4.69) is 5.32 Å². The van der Waals surface area contributed by atoms with Crippen molar-refractivity contribution in [3.8, 4) is 0 Å². The highest BCUT2D eigenvalue weighted by molar-refractivity contribution is 5.84. The molecule has 13 heavy (non-hydrogen) atoms. The molecular formula is C9H17NO3. The van der Waals surface area contributed by atoms with E-state index in [0.717, 1.165) is 0 Å². The van der Waals surface area contributed by atoms with Crippen molar-refractivity contribution in [2.75, 3.05) is 0 Å². The van der Waals surface area contributed by atoms with Crippen LogP contribution in [0.4, 0.5) is 0 Å². The molecule has 0 radical (unpaired) electrons. The molecule has 0 aromatic carbocycles. The Morgan fingerprint density at radius 3 is 1.92 bits per heavy atom. The molecule has 0 aliphatic carbocycles. The molecule has 1 amide bonds. The number of rotatable bonds is 4. The third kappa shape index (κ3) is 3.92. The molecule has 2 atom stereocenters. The van der Waals surface area contributed by atoms with Crippen LogP contribution in [0.2, 0.25) is 0 Å². The summed E-state index contributed by atoms with van der Waals surface area (Å²) in [6, 6.07) is -0.811. The highest BCUT2D eigenvalue weighted by Gasteiger charge is 2.20. The summed E-state index contributed by atoms with van der Waals surface area (Å²) in [5.41, 5.74) is 0. The summed E-state index contributed by atoms with van der Waals surface area (Å²) >= 11 is 0. The SMILES string of the molecule is CC(C)[C@H](C)C(=O)N[C@@H](C)C(=O)O. The zero-order valence-electron chi connectivity index (χ0n) is 8.50. The molecule has 0 saturated carbocycles. The molecular weight excluding hydrogens is 170 g/mol. The van der Waals surface area contributed by atoms with Gasteiger partial charge < -0.3 is 10.4 Å². The van der Waals surface area contributed by atoms with Gasteiger partial charge in [0, 0.05) is 5.92 Å². The van der Waals surface area contributed by atoms with E-state index in [4.69, 9.17) is 5.11 Å². The van der Waals surface area contributed by atoms with Gasteiger partial charge >= 0.3 is 5.97 Å². The molecule has 0 fully saturated rings. The first kappa shape index (κ1) is 11.9. The third-order valence-electron chi connectivity index (χ3n) is 2.14. The number of carboxylic acids is 1. The summed E-state index contributed by atoms with van der Waals surface area (Å²) < 4.78 is 0. The monoisotopic (exact) mass is 187 g/mol. The molecule has 76 valence electrons. The Bertz CT molecular complexity index is 201. The fourth-order valence-corrected chi connectivity index (χ4v) is 0.709. The van der Waals surface area contributed by atoms with Crippen LogP contribution in [0.5, 0.6) is 0 Å². The number of hydrogen-bond acceptors (Lipinski definition) is 2. The maximum Gasteiger partial charge on any atom is 0.325 e. The van der Waals surface area contributed by atoms with Gasteiger partial charge in [0.05, 0.1) is 0 Å². The van der Waals surface area contributed by atoms with Crippen molar-refractivity contribution in [2.45, 2.75) is 33.7 Å². The lowest BCUT2D eigenvalue weighted by Gasteiger charge is -2.17. The van der Waals surface area contributed by atoms with E-state index in [1.807, 2.05) is 13.8 Å². The fraction of sp³-hybridized carbons (Fsp3) is 0.778. The second-order valence-electron chi connectivity index (χ2n) is 3.60. The van der Waals surface area contributed by atoms with Gasteiger partial charge in [-0.3, -0.25) is 9.59 Å². The molecule has 0 rings (SSSR count). The van der Waals surface area contributed by atoms with Crippen LogP contribution in [0.15, 0.2) is 0 Å². The van der Waals surface area contributed by atoms with E-state index in [0.29, 0.717) is 0 Å². The Balaban J connectivity index is 4.08. The second kappa shape index (κ2) is 4.84. The number of hydrogen-bond donors (Lipinski definition) is 2. The van der Waals surface area contributed by atoms with Gasteiger partial charge in [0.25, 0.3) is 0 Å². The van der Waals surface area contributed by atoms with Crippen molar-refractivity contribution >= 4 is 11.9 Å². The van der Waals surface area contributed by atoms with Crippen molar-refractivity contribution in [1.82, 2.24) is 5.32 Å². The molecule has 0 heterocycles. The summed E-state index contributed by atoms with van der Waals surface area (Å²) in [7, 11) is 0. The summed E-state index contributed by atoms with van der Waals surface area (Å²) in [4.78, 5) is 21.7. The minimum atomic E-state index is -1.01. The number of carbonyl (C=O) groups excluding carboxylic acids is 1. The Labute approximate surface area is 78.3 Å². The molecule has 2 N–H and O–H groups in total. The lowest BCUT2D eigenvalue weighted by Crippen LogP contribution is -2.42. The summed E-state index contributed by atoms with van der Waals surface area (Å²) in [6.07, 6.45) is 0. The van der Waals surface area contributed by atoms with Gasteiger partial charge in [0.2, 0.25) is 5.91 Å². The standard InChI is InChI=1S/C9H17NO3/c1-5(2)6(3)8(11)10-7(4)9(12)13/h5-7H,1-4H3,(H,10,11)(H,12,13)/t6-,7-/m0/s1. The first-order chi connectivity index (χ1) is 5.86. The van der Waals surface area contributed by atoms with Crippen LogP contribution >= 0.6 is 0 Å². The van der Waals surface area contributed by atoms with Crippen molar-refractivity contribution < 1.29 is 14.7 Å². The van der Waals surface area contributed by atoms with Crippen LogP contribution in [-0.2, 0) is 9.59 Å². The normalized spacial score (nSPS) is 15.2. The fourth-order valence-electron chi connectivity index (χ4n) is 0.709. The average Bonchev–Trinajstić information content (AvgIpc) is 2.02. The maximum atomic E-state index is 11.3. The highest BCUT2D eigenvalue weighted by atomic mass is 16.4. The molecule has 0 bridgehead atoms. The van der Waals surface area contributed by atoms with E-state index in [9.17, 15) is 9.59 Å². The number of carboxylic acid groups (broad SMARTS) is 1. The first-order valence-electron chi connectivity index (χ1n) is 4.39. The largest absolute Gasteiger partial charge is 0.480 e. The second-order valence-corrected chi connectivity index (χ2v) is 3.60. The van der Waals surface area contributed by atoms with Gasteiger partial charge in [-0.1, -0.05) is 20.8 Å². The minimum Gasteiger partial charge on any atom is -0.480 e. The minimum absolute atomic E-state index is 0.151. The molecule has 0 saturated heterocycles. The summed E-state index contributed by atoms with van der Waals surface area (Å²) in [6.45, 7) is 7.09. The van der Waals surface area contributed by atoms with Gasteiger partial charge in [0.1, 0.15) is 6.04 Å². The van der Waals surface area contributed by atoms with E-state index in [1.165, 1.54) is 6.92 Å². The lowest BCUT2D eigenvalue weighted by molar-refractivity contribution is -0.142. The van der Waals surface area contributed by atoms with Crippen molar-refractivity contribution in [2.24, 2.45) is 11.8 Å². The maximum absolute atomic E-state index is 11.3. The molecule has 4 heteroatoms. The predicted octanol–water partition coefficient (Wildman–Crippen LogP) is 0.868. The van der Waals surface area contributed by atoms with Gasteiger partial charge in [0.15, 0.2) is 0 Å². The molecule has 0 aliphatic rings. The van der Waals surface area contributed by atoms with Gasteiger partial charge in [-0.05, 0) is 12.8 Å². The third-order valence-corrected chi connectivity index (χ3v) is 2.14. The summed E-state index contributed by atoms with van der Waals surface area (Å²) in [5.74, 6) is -1.14. The molecule has 4 nitrogen and oxygen atoms in total. The Morgan fingerprint density at radius 1 is 1.15 bits per heavy atom. The van der Waals surface area contributed by atoms with Gasteiger partial charge in [-0.15, -0.1) is 0 Å². The van der Waals surface area contributed by atoms with Crippen molar-refractivity contribution in [3.63, 3.8) is 0 Å². The Kier molecular flexibility index (Phi) is 4.45. The topological polar surface area (TPSA) is 66.4 Å². The van der Waals surface area contributed by atoms with Crippen molar-refractivity contribution in [1.29, 1.82) is 0 Å². The van der Waals surface area contributed by atoms with Crippen LogP contribution in [0.3, 0.4) is 0 Å². The van der Waals surface area contributed by atoms with E-state index in [1.54, 1.807) is 6.92 Å². The Morgan fingerprint density at radius 2 is 1.62 bits per heavy atom. The van der Waals surface area contributed by atoms with Crippen LogP contribution in [-0.4, -0.2) is 23.0 Å². The number of nitrogens with one attached hydrogen (secondary N) is 1. The highest BCUT2D eigenvalue weighted by Crippen LogP contribution is 2.09. The van der Waals surface area contributed by atoms with E-state index < -0.39 is 12.0 Å². The molecule has 0 aromatic heterocycles.